The van der Waals surface area contributed by atoms with Crippen molar-refractivity contribution in [3.8, 4) is 0 Å². The van der Waals surface area contributed by atoms with E-state index in [9.17, 15) is 0 Å². The Labute approximate surface area is 88.9 Å². The van der Waals surface area contributed by atoms with Crippen molar-refractivity contribution in [3.63, 3.8) is 0 Å². The highest BCUT2D eigenvalue weighted by Gasteiger charge is 2.38. The number of hydrogen-bond donors (Lipinski definition) is 1. The molecule has 0 spiro atoms. The van der Waals surface area contributed by atoms with E-state index in [4.69, 9.17) is 5.11 Å². The molecule has 0 aromatic carbocycles. The summed E-state index contributed by atoms with van der Waals surface area (Å²) in [6, 6.07) is 0. The topological polar surface area (TPSA) is 20.2 Å². The molecule has 0 aromatic rings. The Morgan fingerprint density at radius 2 is 1.86 bits per heavy atom. The molecule has 4 atom stereocenters. The molecule has 84 valence electrons. The third kappa shape index (κ3) is 2.50. The first-order chi connectivity index (χ1) is 6.74. The summed E-state index contributed by atoms with van der Waals surface area (Å²) in [5, 5.41) is 9.06. The monoisotopic (exact) mass is 198 g/mol. The van der Waals surface area contributed by atoms with E-state index in [1.54, 1.807) is 0 Å². The van der Waals surface area contributed by atoms with Gasteiger partial charge in [-0.15, -0.1) is 0 Å². The van der Waals surface area contributed by atoms with Crippen LogP contribution in [0.1, 0.15) is 52.9 Å². The van der Waals surface area contributed by atoms with Crippen LogP contribution in [0.3, 0.4) is 0 Å². The smallest absolute Gasteiger partial charge is 0.0433 e. The van der Waals surface area contributed by atoms with E-state index < -0.39 is 0 Å². The Kier molecular flexibility index (Phi) is 4.94. The zero-order chi connectivity index (χ0) is 10.6. The van der Waals surface area contributed by atoms with Crippen molar-refractivity contribution in [2.45, 2.75) is 52.9 Å². The minimum absolute atomic E-state index is 0.383. The quantitative estimate of drug-likeness (QED) is 0.717. The average Bonchev–Trinajstić information content (AvgIpc) is 2.47. The van der Waals surface area contributed by atoms with Gasteiger partial charge in [0.25, 0.3) is 0 Å². The molecule has 14 heavy (non-hydrogen) atoms. The maximum absolute atomic E-state index is 9.06. The van der Waals surface area contributed by atoms with Crippen molar-refractivity contribution in [2.24, 2.45) is 23.7 Å². The van der Waals surface area contributed by atoms with E-state index in [-0.39, 0.29) is 0 Å². The van der Waals surface area contributed by atoms with Crippen molar-refractivity contribution < 1.29 is 5.11 Å². The zero-order valence-electron chi connectivity index (χ0n) is 10.00. The normalized spacial score (nSPS) is 37.7. The summed E-state index contributed by atoms with van der Waals surface area (Å²) >= 11 is 0. The molecule has 0 bridgehead atoms. The van der Waals surface area contributed by atoms with E-state index in [0.29, 0.717) is 6.61 Å². The average molecular weight is 198 g/mol. The summed E-state index contributed by atoms with van der Waals surface area (Å²) in [6.07, 6.45) is 6.38. The van der Waals surface area contributed by atoms with Gasteiger partial charge in [0.15, 0.2) is 0 Å². The molecule has 1 aliphatic rings. The molecule has 0 saturated heterocycles. The van der Waals surface area contributed by atoms with Gasteiger partial charge in [-0.2, -0.15) is 0 Å². The summed E-state index contributed by atoms with van der Waals surface area (Å²) in [7, 11) is 0. The molecule has 1 N–H and O–H groups in total. The summed E-state index contributed by atoms with van der Waals surface area (Å²) in [5.41, 5.74) is 0. The zero-order valence-corrected chi connectivity index (χ0v) is 10.00. The highest BCUT2D eigenvalue weighted by Crippen LogP contribution is 2.46. The summed E-state index contributed by atoms with van der Waals surface area (Å²) < 4.78 is 0. The first-order valence-corrected chi connectivity index (χ1v) is 6.35. The van der Waals surface area contributed by atoms with E-state index >= 15 is 0 Å². The largest absolute Gasteiger partial charge is 0.396 e. The van der Waals surface area contributed by atoms with Gasteiger partial charge in [0.2, 0.25) is 0 Å². The molecule has 0 aliphatic heterocycles. The van der Waals surface area contributed by atoms with Gasteiger partial charge < -0.3 is 5.11 Å². The lowest BCUT2D eigenvalue weighted by Crippen LogP contribution is -2.15. The first-order valence-electron chi connectivity index (χ1n) is 6.35. The van der Waals surface area contributed by atoms with Crippen molar-refractivity contribution in [3.05, 3.63) is 0 Å². The fourth-order valence-corrected chi connectivity index (χ4v) is 3.43. The molecule has 1 nitrogen and oxygen atoms in total. The second kappa shape index (κ2) is 5.75. The SMILES string of the molecule is CCCC1C(CCO)CC(CC)C1C. The van der Waals surface area contributed by atoms with E-state index in [1.807, 2.05) is 0 Å². The van der Waals surface area contributed by atoms with E-state index in [0.717, 1.165) is 30.1 Å². The lowest BCUT2D eigenvalue weighted by molar-refractivity contribution is 0.214. The summed E-state index contributed by atoms with van der Waals surface area (Å²) in [6.45, 7) is 7.40. The fourth-order valence-electron chi connectivity index (χ4n) is 3.43. The van der Waals surface area contributed by atoms with E-state index in [2.05, 4.69) is 20.8 Å². The van der Waals surface area contributed by atoms with Crippen LogP contribution in [0.2, 0.25) is 0 Å². The predicted octanol–water partition coefficient (Wildman–Crippen LogP) is 3.47. The Morgan fingerprint density at radius 1 is 1.14 bits per heavy atom. The van der Waals surface area contributed by atoms with Crippen molar-refractivity contribution in [2.75, 3.05) is 6.61 Å². The highest BCUT2D eigenvalue weighted by molar-refractivity contribution is 4.87. The Bertz CT molecular complexity index is 155. The van der Waals surface area contributed by atoms with Gasteiger partial charge in [-0.1, -0.05) is 40.0 Å². The predicted molar refractivity (Wildman–Crippen MR) is 61.2 cm³/mol. The molecule has 1 fully saturated rings. The van der Waals surface area contributed by atoms with Crippen molar-refractivity contribution in [1.82, 2.24) is 0 Å². The number of aliphatic hydroxyl groups excluding tert-OH is 1. The molecular formula is C13H26O. The first kappa shape index (κ1) is 12.0. The third-order valence-electron chi connectivity index (χ3n) is 4.28. The van der Waals surface area contributed by atoms with Gasteiger partial charge in [0, 0.05) is 6.61 Å². The molecular weight excluding hydrogens is 172 g/mol. The summed E-state index contributed by atoms with van der Waals surface area (Å²) in [4.78, 5) is 0. The minimum Gasteiger partial charge on any atom is -0.396 e. The second-order valence-electron chi connectivity index (χ2n) is 4.99. The maximum Gasteiger partial charge on any atom is 0.0433 e. The van der Waals surface area contributed by atoms with Crippen molar-refractivity contribution >= 4 is 0 Å². The molecule has 0 heterocycles. The molecule has 1 rings (SSSR count). The maximum atomic E-state index is 9.06. The fraction of sp³-hybridized carbons (Fsp3) is 1.00. The molecule has 1 heteroatoms. The molecule has 0 aromatic heterocycles. The minimum atomic E-state index is 0.383. The molecule has 1 aliphatic carbocycles. The molecule has 1 saturated carbocycles. The van der Waals surface area contributed by atoms with Gasteiger partial charge in [-0.25, -0.2) is 0 Å². The van der Waals surface area contributed by atoms with Crippen LogP contribution in [0.5, 0.6) is 0 Å². The standard InChI is InChI=1S/C13H26O/c1-4-6-13-10(3)11(5-2)9-12(13)7-8-14/h10-14H,4-9H2,1-3H3. The van der Waals surface area contributed by atoms with Crippen LogP contribution in [0.25, 0.3) is 0 Å². The lowest BCUT2D eigenvalue weighted by atomic mass is 9.83. The molecule has 0 radical (unpaired) electrons. The van der Waals surface area contributed by atoms with Crippen LogP contribution in [-0.4, -0.2) is 11.7 Å². The van der Waals surface area contributed by atoms with Gasteiger partial charge >= 0.3 is 0 Å². The van der Waals surface area contributed by atoms with Crippen LogP contribution in [0.4, 0.5) is 0 Å². The second-order valence-corrected chi connectivity index (χ2v) is 4.99. The molecule has 0 amide bonds. The van der Waals surface area contributed by atoms with Crippen LogP contribution < -0.4 is 0 Å². The van der Waals surface area contributed by atoms with Gasteiger partial charge in [-0.3, -0.25) is 0 Å². The van der Waals surface area contributed by atoms with Gasteiger partial charge in [0.1, 0.15) is 0 Å². The Balaban J connectivity index is 2.56. The summed E-state index contributed by atoms with van der Waals surface area (Å²) in [5.74, 6) is 3.50. The molecule has 4 unspecified atom stereocenters. The van der Waals surface area contributed by atoms with Crippen LogP contribution in [0.15, 0.2) is 0 Å². The van der Waals surface area contributed by atoms with Gasteiger partial charge in [-0.05, 0) is 36.5 Å². The number of aliphatic hydroxyl groups is 1. The van der Waals surface area contributed by atoms with Crippen LogP contribution >= 0.6 is 0 Å². The van der Waals surface area contributed by atoms with E-state index in [1.165, 1.54) is 25.7 Å². The van der Waals surface area contributed by atoms with Crippen LogP contribution in [0, 0.1) is 23.7 Å². The Hall–Kier alpha value is -0.0400. The highest BCUT2D eigenvalue weighted by atomic mass is 16.3. The number of hydrogen-bond acceptors (Lipinski definition) is 1. The number of rotatable bonds is 5. The van der Waals surface area contributed by atoms with Gasteiger partial charge in [0.05, 0.1) is 0 Å². The van der Waals surface area contributed by atoms with Crippen molar-refractivity contribution in [1.29, 1.82) is 0 Å². The lowest BCUT2D eigenvalue weighted by Gasteiger charge is -2.22. The third-order valence-corrected chi connectivity index (χ3v) is 4.28. The van der Waals surface area contributed by atoms with Crippen LogP contribution in [-0.2, 0) is 0 Å². The Morgan fingerprint density at radius 3 is 2.36 bits per heavy atom.